The van der Waals surface area contributed by atoms with E-state index in [1.54, 1.807) is 0 Å². The first-order chi connectivity index (χ1) is 21.2. The highest BCUT2D eigenvalue weighted by atomic mass is 32.1. The summed E-state index contributed by atoms with van der Waals surface area (Å²) in [5.41, 5.74) is 9.50. The molecule has 1 amide bonds. The predicted molar refractivity (Wildman–Crippen MR) is 181 cm³/mol. The van der Waals surface area contributed by atoms with Crippen molar-refractivity contribution >= 4 is 40.3 Å². The minimum Gasteiger partial charge on any atom is -0.378 e. The number of carbonyl (C=O) groups is 1. The number of hydrogen-bond acceptors (Lipinski definition) is 5. The third-order valence-corrected chi connectivity index (χ3v) is 8.96. The number of nitrogens with one attached hydrogen (secondary N) is 2. The number of aryl methyl sites for hydroxylation is 2. The molecular formula is C35H40N6O2S. The van der Waals surface area contributed by atoms with Crippen molar-refractivity contribution in [2.24, 2.45) is 5.92 Å². The first-order valence-electron chi connectivity index (χ1n) is 15.3. The predicted octanol–water partition coefficient (Wildman–Crippen LogP) is 6.41. The molecule has 2 saturated heterocycles. The maximum Gasteiger partial charge on any atom is 0.226 e. The molecule has 2 aliphatic rings. The van der Waals surface area contributed by atoms with Crippen LogP contribution in [0.2, 0.25) is 0 Å². The summed E-state index contributed by atoms with van der Waals surface area (Å²) in [6.07, 6.45) is 1.83. The van der Waals surface area contributed by atoms with Crippen LogP contribution < -0.4 is 20.4 Å². The van der Waals surface area contributed by atoms with Gasteiger partial charge in [-0.05, 0) is 105 Å². The molecule has 0 saturated carbocycles. The molecule has 0 radical (unpaired) electrons. The number of nitrogens with zero attached hydrogens (tertiary/aromatic N) is 4. The lowest BCUT2D eigenvalue weighted by molar-refractivity contribution is -0.118. The average Bonchev–Trinajstić information content (AvgIpc) is 3.53. The molecule has 2 N–H and O–H groups in total. The van der Waals surface area contributed by atoms with Gasteiger partial charge in [0, 0.05) is 59.3 Å². The molecule has 4 aromatic rings. The fourth-order valence-corrected chi connectivity index (χ4v) is 6.63. The van der Waals surface area contributed by atoms with E-state index in [0.29, 0.717) is 5.11 Å². The van der Waals surface area contributed by atoms with E-state index in [4.69, 9.17) is 21.9 Å². The van der Waals surface area contributed by atoms with Gasteiger partial charge in [0.2, 0.25) is 5.91 Å². The van der Waals surface area contributed by atoms with Crippen molar-refractivity contribution in [3.05, 3.63) is 101 Å². The number of pyridine rings is 1. The van der Waals surface area contributed by atoms with Gasteiger partial charge in [-0.1, -0.05) is 19.9 Å². The number of rotatable bonds is 7. The number of carbonyl (C=O) groups excluding carboxylic acids is 1. The zero-order valence-electron chi connectivity index (χ0n) is 26.0. The Morgan fingerprint density at radius 1 is 0.977 bits per heavy atom. The molecule has 0 bridgehead atoms. The SMILES string of the molecule is Cc1cc(N2C(=S)N[C@H](c3ccccn3)[C@H]2c2cc(C)n(-c3ccc(N4CCOCC4)cc3)c2C)ccc1NC(=O)C(C)C. The van der Waals surface area contributed by atoms with Crippen molar-refractivity contribution in [3.8, 4) is 5.69 Å². The van der Waals surface area contributed by atoms with Gasteiger partial charge in [0.15, 0.2) is 5.11 Å². The highest BCUT2D eigenvalue weighted by molar-refractivity contribution is 7.80. The van der Waals surface area contributed by atoms with Gasteiger partial charge in [0.25, 0.3) is 0 Å². The van der Waals surface area contributed by atoms with Crippen LogP contribution in [0.3, 0.4) is 0 Å². The van der Waals surface area contributed by atoms with Gasteiger partial charge in [-0.15, -0.1) is 0 Å². The lowest BCUT2D eigenvalue weighted by atomic mass is 9.96. The lowest BCUT2D eigenvalue weighted by Gasteiger charge is -2.29. The fraction of sp³-hybridized carbons (Fsp3) is 0.343. The van der Waals surface area contributed by atoms with E-state index >= 15 is 0 Å². The third kappa shape index (κ3) is 5.69. The van der Waals surface area contributed by atoms with Crippen LogP contribution >= 0.6 is 12.2 Å². The number of thiocarbonyl (C=S) groups is 1. The molecule has 2 aromatic heterocycles. The Kier molecular flexibility index (Phi) is 8.42. The van der Waals surface area contributed by atoms with Crippen LogP contribution in [0.4, 0.5) is 17.1 Å². The molecule has 6 rings (SSSR count). The molecule has 4 heterocycles. The highest BCUT2D eigenvalue weighted by Gasteiger charge is 2.42. The minimum absolute atomic E-state index is 0.00211. The van der Waals surface area contributed by atoms with Gasteiger partial charge in [-0.3, -0.25) is 9.78 Å². The number of anilines is 3. The molecule has 0 aliphatic carbocycles. The fourth-order valence-electron chi connectivity index (χ4n) is 6.28. The second kappa shape index (κ2) is 12.4. The number of aromatic nitrogens is 2. The van der Waals surface area contributed by atoms with Crippen molar-refractivity contribution in [2.75, 3.05) is 41.4 Å². The Hall–Kier alpha value is -4.21. The van der Waals surface area contributed by atoms with Crippen LogP contribution in [0, 0.1) is 26.7 Å². The second-order valence-electron chi connectivity index (χ2n) is 11.9. The Bertz CT molecular complexity index is 1660. The smallest absolute Gasteiger partial charge is 0.226 e. The molecule has 0 unspecified atom stereocenters. The van der Waals surface area contributed by atoms with Crippen molar-refractivity contribution in [2.45, 2.75) is 46.7 Å². The molecule has 2 aliphatic heterocycles. The summed E-state index contributed by atoms with van der Waals surface area (Å²) in [5.74, 6) is -0.100. The van der Waals surface area contributed by atoms with E-state index < -0.39 is 0 Å². The maximum absolute atomic E-state index is 12.4. The first-order valence-corrected chi connectivity index (χ1v) is 15.7. The van der Waals surface area contributed by atoms with E-state index in [-0.39, 0.29) is 23.9 Å². The minimum atomic E-state index is -0.151. The van der Waals surface area contributed by atoms with Gasteiger partial charge < -0.3 is 29.7 Å². The quantitative estimate of drug-likeness (QED) is 0.235. The molecule has 9 heteroatoms. The van der Waals surface area contributed by atoms with Crippen molar-refractivity contribution in [1.29, 1.82) is 0 Å². The van der Waals surface area contributed by atoms with E-state index in [0.717, 1.165) is 66.0 Å². The Labute approximate surface area is 265 Å². The van der Waals surface area contributed by atoms with Gasteiger partial charge >= 0.3 is 0 Å². The van der Waals surface area contributed by atoms with Gasteiger partial charge in [0.1, 0.15) is 0 Å². The van der Waals surface area contributed by atoms with E-state index in [2.05, 4.69) is 81.3 Å². The van der Waals surface area contributed by atoms with E-state index in [1.807, 2.05) is 51.2 Å². The molecule has 0 spiro atoms. The zero-order chi connectivity index (χ0) is 31.0. The Morgan fingerprint density at radius 2 is 1.68 bits per heavy atom. The van der Waals surface area contributed by atoms with E-state index in [9.17, 15) is 4.79 Å². The van der Waals surface area contributed by atoms with Gasteiger partial charge in [0.05, 0.1) is 31.0 Å². The standard InChI is InChI=1S/C35H40N6O2S/c1-22(2)34(42)37-30-14-13-28(20-23(30)3)41-33(32(38-35(41)44)31-8-6-7-15-36-31)29-21-24(4)40(25(29)5)27-11-9-26(10-12-27)39-16-18-43-19-17-39/h6-15,20-22,32-33H,16-19H2,1-5H3,(H,37,42)(H,38,44)/t32-,33-/m1/s1. The van der Waals surface area contributed by atoms with Crippen LogP contribution in [0.15, 0.2) is 72.9 Å². The Morgan fingerprint density at radius 3 is 2.34 bits per heavy atom. The summed E-state index contributed by atoms with van der Waals surface area (Å²) in [6.45, 7) is 13.5. The molecule has 44 heavy (non-hydrogen) atoms. The van der Waals surface area contributed by atoms with Crippen LogP contribution in [0.25, 0.3) is 5.69 Å². The number of ether oxygens (including phenoxy) is 1. The highest BCUT2D eigenvalue weighted by Crippen LogP contribution is 2.44. The van der Waals surface area contributed by atoms with Gasteiger partial charge in [-0.25, -0.2) is 0 Å². The molecule has 2 aromatic carbocycles. The normalized spacial score (nSPS) is 18.5. The summed E-state index contributed by atoms with van der Waals surface area (Å²) in [5, 5.41) is 7.28. The second-order valence-corrected chi connectivity index (χ2v) is 12.3. The van der Waals surface area contributed by atoms with E-state index in [1.165, 1.54) is 11.3 Å². The molecule has 2 fully saturated rings. The van der Waals surface area contributed by atoms with Gasteiger partial charge in [-0.2, -0.15) is 0 Å². The average molecular weight is 609 g/mol. The maximum atomic E-state index is 12.4. The third-order valence-electron chi connectivity index (χ3n) is 8.64. The number of amides is 1. The summed E-state index contributed by atoms with van der Waals surface area (Å²) in [4.78, 5) is 21.7. The van der Waals surface area contributed by atoms with Crippen molar-refractivity contribution in [1.82, 2.24) is 14.9 Å². The monoisotopic (exact) mass is 608 g/mol. The summed E-state index contributed by atoms with van der Waals surface area (Å²) in [7, 11) is 0. The molecule has 2 atom stereocenters. The Balaban J connectivity index is 1.39. The van der Waals surface area contributed by atoms with Crippen molar-refractivity contribution in [3.63, 3.8) is 0 Å². The summed E-state index contributed by atoms with van der Waals surface area (Å²) in [6, 6.07) is 22.9. The zero-order valence-corrected chi connectivity index (χ0v) is 26.8. The molecular weight excluding hydrogens is 568 g/mol. The lowest BCUT2D eigenvalue weighted by Crippen LogP contribution is -2.36. The first kappa shape index (κ1) is 29.8. The van der Waals surface area contributed by atoms with Crippen molar-refractivity contribution < 1.29 is 9.53 Å². The summed E-state index contributed by atoms with van der Waals surface area (Å²) >= 11 is 6.01. The molecule has 8 nitrogen and oxygen atoms in total. The number of hydrogen-bond donors (Lipinski definition) is 2. The van der Waals surface area contributed by atoms with Crippen LogP contribution in [0.1, 0.15) is 54.1 Å². The van der Waals surface area contributed by atoms with Crippen LogP contribution in [-0.2, 0) is 9.53 Å². The number of benzene rings is 2. The largest absolute Gasteiger partial charge is 0.378 e. The van der Waals surface area contributed by atoms with Crippen LogP contribution in [-0.4, -0.2) is 46.9 Å². The molecule has 228 valence electrons. The summed E-state index contributed by atoms with van der Waals surface area (Å²) < 4.78 is 7.86. The number of morpholine rings is 1. The van der Waals surface area contributed by atoms with Crippen LogP contribution in [0.5, 0.6) is 0 Å². The topological polar surface area (TPSA) is 74.7 Å².